The summed E-state index contributed by atoms with van der Waals surface area (Å²) in [4.78, 5) is 20.9. The van der Waals surface area contributed by atoms with E-state index in [0.29, 0.717) is 27.7 Å². The van der Waals surface area contributed by atoms with Gasteiger partial charge in [-0.05, 0) is 19.1 Å². The maximum Gasteiger partial charge on any atom is 0.264 e. The third-order valence-electron chi connectivity index (χ3n) is 3.65. The van der Waals surface area contributed by atoms with Crippen molar-refractivity contribution in [2.45, 2.75) is 12.1 Å². The number of fused-ring (bicyclic) bond motifs is 3. The number of aromatic nitrogens is 2. The van der Waals surface area contributed by atoms with Crippen molar-refractivity contribution in [2.75, 3.05) is 0 Å². The minimum absolute atomic E-state index is 0.164. The van der Waals surface area contributed by atoms with Gasteiger partial charge in [0.15, 0.2) is 5.58 Å². The Hall–Kier alpha value is -2.73. The number of thioether (sulfide) groups is 1. The second-order valence-corrected chi connectivity index (χ2v) is 6.17. The number of oxazole rings is 1. The summed E-state index contributed by atoms with van der Waals surface area (Å²) < 4.78 is 19.7. The maximum absolute atomic E-state index is 13.9. The van der Waals surface area contributed by atoms with Crippen LogP contribution in [0.15, 0.2) is 58.2 Å². The second kappa shape index (κ2) is 5.72. The Morgan fingerprint density at radius 2 is 1.83 bits per heavy atom. The highest BCUT2D eigenvalue weighted by Crippen LogP contribution is 2.32. The molecule has 0 radical (unpaired) electrons. The summed E-state index contributed by atoms with van der Waals surface area (Å²) >= 11 is 0.906. The lowest BCUT2D eigenvalue weighted by atomic mass is 10.1. The normalized spacial score (nSPS) is 11.2. The number of pyridine rings is 1. The van der Waals surface area contributed by atoms with Crippen LogP contribution in [0.4, 0.5) is 4.39 Å². The van der Waals surface area contributed by atoms with Gasteiger partial charge in [0.25, 0.3) is 5.22 Å². The fraction of sp³-hybridized carbons (Fsp3) is 0.0556. The van der Waals surface area contributed by atoms with Gasteiger partial charge in [0.05, 0.1) is 5.69 Å². The van der Waals surface area contributed by atoms with Crippen molar-refractivity contribution < 1.29 is 13.6 Å². The van der Waals surface area contributed by atoms with Gasteiger partial charge in [-0.25, -0.2) is 14.4 Å². The van der Waals surface area contributed by atoms with Crippen LogP contribution in [-0.2, 0) is 0 Å². The van der Waals surface area contributed by atoms with Crippen molar-refractivity contribution in [3.63, 3.8) is 0 Å². The van der Waals surface area contributed by atoms with Crippen LogP contribution in [0.5, 0.6) is 0 Å². The van der Waals surface area contributed by atoms with Gasteiger partial charge in [-0.2, -0.15) is 0 Å². The molecule has 0 aliphatic rings. The zero-order valence-corrected chi connectivity index (χ0v) is 13.4. The molecule has 4 rings (SSSR count). The molecule has 2 heterocycles. The SMILES string of the molecule is Cc1nc2c(F)cccc2c2oc(SC(=O)c3ccccc3)nc12. The summed E-state index contributed by atoms with van der Waals surface area (Å²) in [6.07, 6.45) is 0. The highest BCUT2D eigenvalue weighted by Gasteiger charge is 2.18. The summed E-state index contributed by atoms with van der Waals surface area (Å²) in [5, 5.41) is 0.603. The third-order valence-corrected chi connectivity index (χ3v) is 4.42. The number of nitrogens with zero attached hydrogens (tertiary/aromatic N) is 2. The van der Waals surface area contributed by atoms with E-state index < -0.39 is 5.82 Å². The van der Waals surface area contributed by atoms with Gasteiger partial charge in [0.1, 0.15) is 16.9 Å². The van der Waals surface area contributed by atoms with Gasteiger partial charge in [0.2, 0.25) is 5.12 Å². The summed E-state index contributed by atoms with van der Waals surface area (Å²) in [5.41, 5.74) is 2.35. The van der Waals surface area contributed by atoms with Crippen LogP contribution >= 0.6 is 11.8 Å². The van der Waals surface area contributed by atoms with Crippen molar-refractivity contribution >= 4 is 38.9 Å². The molecule has 0 atom stereocenters. The monoisotopic (exact) mass is 338 g/mol. The van der Waals surface area contributed by atoms with E-state index in [-0.39, 0.29) is 15.9 Å². The number of aryl methyl sites for hydroxylation is 1. The predicted octanol–water partition coefficient (Wildman–Crippen LogP) is 4.76. The average Bonchev–Trinajstić information content (AvgIpc) is 3.01. The zero-order valence-electron chi connectivity index (χ0n) is 12.6. The number of rotatable bonds is 2. The molecule has 0 aliphatic carbocycles. The summed E-state index contributed by atoms with van der Waals surface area (Å²) in [5.74, 6) is -0.413. The Bertz CT molecular complexity index is 1080. The number of carbonyl (C=O) groups excluding carboxylic acids is 1. The number of para-hydroxylation sites is 1. The van der Waals surface area contributed by atoms with Crippen LogP contribution in [-0.4, -0.2) is 15.1 Å². The quantitative estimate of drug-likeness (QED) is 0.493. The molecule has 4 aromatic rings. The molecule has 0 aliphatic heterocycles. The van der Waals surface area contributed by atoms with Crippen molar-refractivity contribution in [1.82, 2.24) is 9.97 Å². The average molecular weight is 338 g/mol. The minimum atomic E-state index is -0.413. The molecule has 0 saturated heterocycles. The Kier molecular flexibility index (Phi) is 3.54. The molecule has 24 heavy (non-hydrogen) atoms. The second-order valence-electron chi connectivity index (χ2n) is 5.25. The van der Waals surface area contributed by atoms with E-state index in [2.05, 4.69) is 9.97 Å². The first-order valence-corrected chi connectivity index (χ1v) is 8.08. The van der Waals surface area contributed by atoms with E-state index in [1.54, 1.807) is 43.3 Å². The first-order valence-electron chi connectivity index (χ1n) is 7.26. The molecule has 0 N–H and O–H groups in total. The third kappa shape index (κ3) is 2.45. The van der Waals surface area contributed by atoms with Gasteiger partial charge in [-0.15, -0.1) is 0 Å². The molecule has 0 unspecified atom stereocenters. The Morgan fingerprint density at radius 1 is 1.04 bits per heavy atom. The van der Waals surface area contributed by atoms with Crippen LogP contribution < -0.4 is 0 Å². The number of hydrogen-bond donors (Lipinski definition) is 0. The topological polar surface area (TPSA) is 56.0 Å². The van der Waals surface area contributed by atoms with Gasteiger partial charge in [-0.3, -0.25) is 4.79 Å². The van der Waals surface area contributed by atoms with Crippen LogP contribution in [0.2, 0.25) is 0 Å². The van der Waals surface area contributed by atoms with E-state index >= 15 is 0 Å². The summed E-state index contributed by atoms with van der Waals surface area (Å²) in [7, 11) is 0. The van der Waals surface area contributed by atoms with Crippen LogP contribution in [0.3, 0.4) is 0 Å². The zero-order chi connectivity index (χ0) is 16.7. The van der Waals surface area contributed by atoms with E-state index in [1.165, 1.54) is 6.07 Å². The molecular formula is C18H11FN2O2S. The van der Waals surface area contributed by atoms with E-state index in [9.17, 15) is 9.18 Å². The number of carbonyl (C=O) groups is 1. The molecule has 118 valence electrons. The molecule has 0 saturated carbocycles. The molecule has 2 aromatic heterocycles. The smallest absolute Gasteiger partial charge is 0.264 e. The highest BCUT2D eigenvalue weighted by molar-refractivity contribution is 8.14. The van der Waals surface area contributed by atoms with Crippen LogP contribution in [0.25, 0.3) is 22.0 Å². The highest BCUT2D eigenvalue weighted by atomic mass is 32.2. The van der Waals surface area contributed by atoms with E-state index in [4.69, 9.17) is 4.42 Å². The Balaban J connectivity index is 1.81. The molecule has 0 bridgehead atoms. The molecule has 4 nitrogen and oxygen atoms in total. The Labute approximate surface area is 140 Å². The standard InChI is InChI=1S/C18H11FN2O2S/c1-10-14-16(12-8-5-9-13(19)15(12)20-10)23-18(21-14)24-17(22)11-6-3-2-4-7-11/h2-9H,1H3. The minimum Gasteiger partial charge on any atom is -0.430 e. The predicted molar refractivity (Wildman–Crippen MR) is 90.6 cm³/mol. The number of benzene rings is 2. The molecule has 0 amide bonds. The molecule has 6 heteroatoms. The van der Waals surface area contributed by atoms with Crippen molar-refractivity contribution in [3.8, 4) is 0 Å². The van der Waals surface area contributed by atoms with Crippen molar-refractivity contribution in [1.29, 1.82) is 0 Å². The van der Waals surface area contributed by atoms with Gasteiger partial charge < -0.3 is 4.42 Å². The number of halogens is 1. The van der Waals surface area contributed by atoms with Gasteiger partial charge in [0, 0.05) is 22.7 Å². The molecule has 0 spiro atoms. The van der Waals surface area contributed by atoms with Crippen LogP contribution in [0, 0.1) is 12.7 Å². The van der Waals surface area contributed by atoms with Crippen LogP contribution in [0.1, 0.15) is 16.1 Å². The van der Waals surface area contributed by atoms with E-state index in [1.807, 2.05) is 6.07 Å². The maximum atomic E-state index is 13.9. The van der Waals surface area contributed by atoms with Gasteiger partial charge >= 0.3 is 0 Å². The largest absolute Gasteiger partial charge is 0.430 e. The molecule has 0 fully saturated rings. The first-order chi connectivity index (χ1) is 11.6. The Morgan fingerprint density at radius 3 is 2.62 bits per heavy atom. The van der Waals surface area contributed by atoms with Gasteiger partial charge in [-0.1, -0.05) is 36.4 Å². The molecular weight excluding hydrogens is 327 g/mol. The van der Waals surface area contributed by atoms with E-state index in [0.717, 1.165) is 11.8 Å². The van der Waals surface area contributed by atoms with Crippen molar-refractivity contribution in [2.24, 2.45) is 0 Å². The lowest BCUT2D eigenvalue weighted by Gasteiger charge is -2.00. The van der Waals surface area contributed by atoms with Crippen molar-refractivity contribution in [3.05, 3.63) is 65.6 Å². The fourth-order valence-corrected chi connectivity index (χ4v) is 3.19. The number of hydrogen-bond acceptors (Lipinski definition) is 5. The molecule has 2 aromatic carbocycles. The lowest BCUT2D eigenvalue weighted by molar-refractivity contribution is 0.108. The summed E-state index contributed by atoms with van der Waals surface area (Å²) in [6, 6.07) is 13.6. The first kappa shape index (κ1) is 14.8. The summed E-state index contributed by atoms with van der Waals surface area (Å²) in [6.45, 7) is 1.74. The lowest BCUT2D eigenvalue weighted by Crippen LogP contribution is -1.92. The fourth-order valence-electron chi connectivity index (χ4n) is 2.52.